The average Bonchev–Trinajstić information content (AvgIpc) is 3.18. The van der Waals surface area contributed by atoms with Crippen molar-refractivity contribution in [2.75, 3.05) is 6.54 Å². The van der Waals surface area contributed by atoms with Crippen LogP contribution < -0.4 is 5.32 Å². The maximum absolute atomic E-state index is 12.4. The number of nitrogens with zero attached hydrogens (tertiary/aromatic N) is 2. The Labute approximate surface area is 140 Å². The maximum atomic E-state index is 12.4. The van der Waals surface area contributed by atoms with Crippen LogP contribution in [0.1, 0.15) is 27.9 Å². The lowest BCUT2D eigenvalue weighted by atomic mass is 10.1. The molecule has 0 spiro atoms. The van der Waals surface area contributed by atoms with Gasteiger partial charge in [0.2, 0.25) is 5.91 Å². The van der Waals surface area contributed by atoms with Crippen molar-refractivity contribution < 1.29 is 9.59 Å². The zero-order chi connectivity index (χ0) is 16.5. The van der Waals surface area contributed by atoms with Crippen molar-refractivity contribution in [3.63, 3.8) is 0 Å². The highest BCUT2D eigenvalue weighted by atomic mass is 16.2. The summed E-state index contributed by atoms with van der Waals surface area (Å²) in [6.45, 7) is 0.592. The van der Waals surface area contributed by atoms with Crippen LogP contribution in [0, 0.1) is 0 Å². The number of amides is 2. The van der Waals surface area contributed by atoms with Gasteiger partial charge in [0.25, 0.3) is 5.91 Å². The van der Waals surface area contributed by atoms with Gasteiger partial charge in [-0.15, -0.1) is 0 Å². The van der Waals surface area contributed by atoms with Gasteiger partial charge in [0.05, 0.1) is 6.04 Å². The molecule has 1 fully saturated rings. The van der Waals surface area contributed by atoms with Crippen LogP contribution >= 0.6 is 0 Å². The number of likely N-dealkylation sites (tertiary alicyclic amines) is 1. The van der Waals surface area contributed by atoms with E-state index in [1.165, 1.54) is 11.1 Å². The van der Waals surface area contributed by atoms with Crippen LogP contribution in [-0.4, -0.2) is 40.3 Å². The van der Waals surface area contributed by atoms with Crippen molar-refractivity contribution in [2.45, 2.75) is 31.3 Å². The number of hydrogen-bond acceptors (Lipinski definition) is 3. The molecule has 1 saturated heterocycles. The summed E-state index contributed by atoms with van der Waals surface area (Å²) in [6.07, 6.45) is 5.39. The SMILES string of the molecule is O=C(N[C@H]1CC(=O)N(C2Cc3ccccc3C2)C1)c1ccncc1. The molecule has 1 aromatic carbocycles. The molecule has 122 valence electrons. The Morgan fingerprint density at radius 3 is 2.38 bits per heavy atom. The van der Waals surface area contributed by atoms with Crippen molar-refractivity contribution in [2.24, 2.45) is 0 Å². The summed E-state index contributed by atoms with van der Waals surface area (Å²) in [7, 11) is 0. The van der Waals surface area contributed by atoms with Crippen LogP contribution in [0.15, 0.2) is 48.8 Å². The highest BCUT2D eigenvalue weighted by molar-refractivity contribution is 5.94. The second-order valence-corrected chi connectivity index (χ2v) is 6.49. The van der Waals surface area contributed by atoms with Crippen molar-refractivity contribution in [3.8, 4) is 0 Å². The molecule has 0 saturated carbocycles. The van der Waals surface area contributed by atoms with Crippen LogP contribution in [0.5, 0.6) is 0 Å². The van der Waals surface area contributed by atoms with Crippen LogP contribution in [0.3, 0.4) is 0 Å². The molecule has 1 aromatic heterocycles. The number of rotatable bonds is 3. The fourth-order valence-electron chi connectivity index (χ4n) is 3.71. The van der Waals surface area contributed by atoms with E-state index in [0.717, 1.165) is 12.8 Å². The van der Waals surface area contributed by atoms with Gasteiger partial charge in [-0.2, -0.15) is 0 Å². The van der Waals surface area contributed by atoms with Gasteiger partial charge in [0.1, 0.15) is 0 Å². The molecule has 0 radical (unpaired) electrons. The van der Waals surface area contributed by atoms with Crippen molar-refractivity contribution >= 4 is 11.8 Å². The van der Waals surface area contributed by atoms with Crippen LogP contribution in [-0.2, 0) is 17.6 Å². The Morgan fingerprint density at radius 2 is 1.71 bits per heavy atom. The zero-order valence-electron chi connectivity index (χ0n) is 13.3. The number of hydrogen-bond donors (Lipinski definition) is 1. The summed E-state index contributed by atoms with van der Waals surface area (Å²) in [5.74, 6) is -0.0143. The molecule has 1 aliphatic carbocycles. The minimum atomic E-state index is -0.147. The van der Waals surface area contributed by atoms with Crippen molar-refractivity contribution in [1.29, 1.82) is 0 Å². The third kappa shape index (κ3) is 2.77. The van der Waals surface area contributed by atoms with Gasteiger partial charge in [0.15, 0.2) is 0 Å². The molecule has 1 N–H and O–H groups in total. The highest BCUT2D eigenvalue weighted by Gasteiger charge is 2.37. The number of carbonyl (C=O) groups excluding carboxylic acids is 2. The molecule has 5 heteroatoms. The molecule has 2 amide bonds. The molecular formula is C19H19N3O2. The molecule has 1 atom stereocenters. The van der Waals surface area contributed by atoms with Gasteiger partial charge >= 0.3 is 0 Å². The molecule has 5 nitrogen and oxygen atoms in total. The van der Waals surface area contributed by atoms with Gasteiger partial charge in [0, 0.05) is 37.0 Å². The molecular weight excluding hydrogens is 302 g/mol. The van der Waals surface area contributed by atoms with Gasteiger partial charge in [-0.25, -0.2) is 0 Å². The zero-order valence-corrected chi connectivity index (χ0v) is 13.3. The molecule has 1 aliphatic heterocycles. The molecule has 2 aliphatic rings. The third-order valence-electron chi connectivity index (χ3n) is 4.91. The second-order valence-electron chi connectivity index (χ2n) is 6.49. The summed E-state index contributed by atoms with van der Waals surface area (Å²) >= 11 is 0. The fraction of sp³-hybridized carbons (Fsp3) is 0.316. The Bertz CT molecular complexity index is 750. The molecule has 2 heterocycles. The summed E-state index contributed by atoms with van der Waals surface area (Å²) < 4.78 is 0. The number of nitrogens with one attached hydrogen (secondary N) is 1. The predicted octanol–water partition coefficient (Wildman–Crippen LogP) is 1.58. The number of aromatic nitrogens is 1. The number of carbonyl (C=O) groups is 2. The van der Waals surface area contributed by atoms with E-state index in [1.807, 2.05) is 17.0 Å². The quantitative estimate of drug-likeness (QED) is 0.933. The second kappa shape index (κ2) is 6.07. The topological polar surface area (TPSA) is 62.3 Å². The van der Waals surface area contributed by atoms with Gasteiger partial charge in [-0.1, -0.05) is 24.3 Å². The monoisotopic (exact) mass is 321 g/mol. The smallest absolute Gasteiger partial charge is 0.251 e. The fourth-order valence-corrected chi connectivity index (χ4v) is 3.71. The van der Waals surface area contributed by atoms with Crippen molar-refractivity contribution in [3.05, 3.63) is 65.5 Å². The Balaban J connectivity index is 1.40. The minimum Gasteiger partial charge on any atom is -0.347 e. The van der Waals surface area contributed by atoms with Gasteiger partial charge < -0.3 is 10.2 Å². The van der Waals surface area contributed by atoms with Crippen LogP contribution in [0.4, 0.5) is 0 Å². The Kier molecular flexibility index (Phi) is 3.76. The lowest BCUT2D eigenvalue weighted by Crippen LogP contribution is -2.41. The Hall–Kier alpha value is -2.69. The molecule has 24 heavy (non-hydrogen) atoms. The van der Waals surface area contributed by atoms with E-state index in [1.54, 1.807) is 24.5 Å². The maximum Gasteiger partial charge on any atom is 0.251 e. The van der Waals surface area contributed by atoms with E-state index in [-0.39, 0.29) is 23.9 Å². The summed E-state index contributed by atoms with van der Waals surface area (Å²) in [5, 5.41) is 2.97. The van der Waals surface area contributed by atoms with E-state index in [9.17, 15) is 9.59 Å². The third-order valence-corrected chi connectivity index (χ3v) is 4.91. The van der Waals surface area contributed by atoms with Crippen LogP contribution in [0.2, 0.25) is 0 Å². The summed E-state index contributed by atoms with van der Waals surface area (Å²) in [5.41, 5.74) is 3.24. The predicted molar refractivity (Wildman–Crippen MR) is 89.5 cm³/mol. The van der Waals surface area contributed by atoms with E-state index in [2.05, 4.69) is 22.4 Å². The number of benzene rings is 1. The molecule has 2 aromatic rings. The largest absolute Gasteiger partial charge is 0.347 e. The number of fused-ring (bicyclic) bond motifs is 1. The molecule has 0 bridgehead atoms. The van der Waals surface area contributed by atoms with Gasteiger partial charge in [-0.05, 0) is 36.1 Å². The first-order chi connectivity index (χ1) is 11.7. The summed E-state index contributed by atoms with van der Waals surface area (Å²) in [6, 6.07) is 11.8. The molecule has 0 unspecified atom stereocenters. The average molecular weight is 321 g/mol. The number of pyridine rings is 1. The Morgan fingerprint density at radius 1 is 1.04 bits per heavy atom. The van der Waals surface area contributed by atoms with E-state index in [4.69, 9.17) is 0 Å². The molecule has 4 rings (SSSR count). The summed E-state index contributed by atoms with van der Waals surface area (Å²) in [4.78, 5) is 30.5. The van der Waals surface area contributed by atoms with E-state index in [0.29, 0.717) is 18.5 Å². The van der Waals surface area contributed by atoms with Crippen LogP contribution in [0.25, 0.3) is 0 Å². The highest BCUT2D eigenvalue weighted by Crippen LogP contribution is 2.28. The first kappa shape index (κ1) is 14.9. The minimum absolute atomic E-state index is 0.123. The van der Waals surface area contributed by atoms with Crippen molar-refractivity contribution in [1.82, 2.24) is 15.2 Å². The standard InChI is InChI=1S/C19H19N3O2/c23-18-11-16(21-19(24)13-5-7-20-8-6-13)12-22(18)17-9-14-3-1-2-4-15(14)10-17/h1-8,16-17H,9-12H2,(H,21,24)/t16-/m0/s1. The van der Waals surface area contributed by atoms with Gasteiger partial charge in [-0.3, -0.25) is 14.6 Å². The van der Waals surface area contributed by atoms with E-state index < -0.39 is 0 Å². The lowest BCUT2D eigenvalue weighted by molar-refractivity contribution is -0.129. The lowest BCUT2D eigenvalue weighted by Gasteiger charge is -2.24. The normalized spacial score (nSPS) is 20.2. The first-order valence-corrected chi connectivity index (χ1v) is 8.28. The first-order valence-electron chi connectivity index (χ1n) is 8.28. The van der Waals surface area contributed by atoms with E-state index >= 15 is 0 Å².